The Labute approximate surface area is 113 Å². The summed E-state index contributed by atoms with van der Waals surface area (Å²) < 4.78 is 0. The van der Waals surface area contributed by atoms with Crippen LogP contribution in [0.4, 0.5) is 17.8 Å². The van der Waals surface area contributed by atoms with Gasteiger partial charge in [0.15, 0.2) is 0 Å². The first-order valence-electron chi connectivity index (χ1n) is 6.99. The first kappa shape index (κ1) is 12.4. The topological polar surface area (TPSA) is 92.0 Å². The van der Waals surface area contributed by atoms with Gasteiger partial charge in [0.2, 0.25) is 17.8 Å². The number of nitrogens with one attached hydrogen (secondary N) is 2. The number of nitrogens with two attached hydrogens (primary N) is 1. The van der Waals surface area contributed by atoms with Gasteiger partial charge >= 0.3 is 0 Å². The largest absolute Gasteiger partial charge is 0.351 e. The summed E-state index contributed by atoms with van der Waals surface area (Å²) in [6.45, 7) is 4.27. The molecule has 3 rings (SSSR count). The van der Waals surface area contributed by atoms with Crippen LogP contribution in [0.5, 0.6) is 0 Å². The van der Waals surface area contributed by atoms with Crippen LogP contribution in [0.3, 0.4) is 0 Å². The second-order valence-corrected chi connectivity index (χ2v) is 5.54. The lowest BCUT2D eigenvalue weighted by molar-refractivity contribution is 0.308. The van der Waals surface area contributed by atoms with E-state index < -0.39 is 0 Å². The minimum Gasteiger partial charge on any atom is -0.351 e. The van der Waals surface area contributed by atoms with Crippen molar-refractivity contribution in [1.82, 2.24) is 15.0 Å². The van der Waals surface area contributed by atoms with E-state index in [4.69, 9.17) is 5.84 Å². The number of hydrogen-bond donors (Lipinski definition) is 3. The van der Waals surface area contributed by atoms with Crippen LogP contribution in [0.25, 0.3) is 0 Å². The van der Waals surface area contributed by atoms with Crippen molar-refractivity contribution in [3.05, 3.63) is 0 Å². The molecule has 4 N–H and O–H groups in total. The predicted molar refractivity (Wildman–Crippen MR) is 74.9 cm³/mol. The smallest absolute Gasteiger partial charge is 0.243 e. The SMILES string of the molecule is CC1CC(Nc2nc(NN)nc(N3CCCC3)n2)C1. The highest BCUT2D eigenvalue weighted by Crippen LogP contribution is 2.29. The quantitative estimate of drug-likeness (QED) is 0.550. The molecule has 1 saturated heterocycles. The van der Waals surface area contributed by atoms with Gasteiger partial charge in [0.25, 0.3) is 0 Å². The van der Waals surface area contributed by atoms with Crippen LogP contribution in [0.15, 0.2) is 0 Å². The van der Waals surface area contributed by atoms with Crippen LogP contribution in [-0.2, 0) is 0 Å². The molecule has 2 fully saturated rings. The van der Waals surface area contributed by atoms with Crippen molar-refractivity contribution >= 4 is 17.8 Å². The molecule has 1 saturated carbocycles. The summed E-state index contributed by atoms with van der Waals surface area (Å²) in [4.78, 5) is 15.3. The molecule has 1 aliphatic heterocycles. The molecule has 0 bridgehead atoms. The number of nitrogens with zero attached hydrogens (tertiary/aromatic N) is 4. The minimum absolute atomic E-state index is 0.423. The molecule has 1 aliphatic carbocycles. The number of nitrogen functional groups attached to an aromatic ring is 1. The van der Waals surface area contributed by atoms with Crippen molar-refractivity contribution in [2.75, 3.05) is 28.7 Å². The molecule has 2 aliphatic rings. The summed E-state index contributed by atoms with van der Waals surface area (Å²) in [7, 11) is 0. The third-order valence-corrected chi connectivity index (χ3v) is 3.85. The van der Waals surface area contributed by atoms with E-state index in [2.05, 4.69) is 37.5 Å². The van der Waals surface area contributed by atoms with Gasteiger partial charge in [-0.2, -0.15) is 15.0 Å². The molecule has 0 amide bonds. The van der Waals surface area contributed by atoms with Gasteiger partial charge in [-0.3, -0.25) is 5.43 Å². The van der Waals surface area contributed by atoms with E-state index in [0.29, 0.717) is 17.9 Å². The van der Waals surface area contributed by atoms with Crippen LogP contribution in [0, 0.1) is 5.92 Å². The summed E-state index contributed by atoms with van der Waals surface area (Å²) >= 11 is 0. The van der Waals surface area contributed by atoms with E-state index >= 15 is 0 Å². The highest BCUT2D eigenvalue weighted by Gasteiger charge is 2.26. The number of hydrogen-bond acceptors (Lipinski definition) is 7. The van der Waals surface area contributed by atoms with Crippen molar-refractivity contribution in [1.29, 1.82) is 0 Å². The van der Waals surface area contributed by atoms with Crippen molar-refractivity contribution in [3.63, 3.8) is 0 Å². The van der Waals surface area contributed by atoms with E-state index in [1.54, 1.807) is 0 Å². The van der Waals surface area contributed by atoms with Gasteiger partial charge in [-0.1, -0.05) is 6.92 Å². The maximum atomic E-state index is 5.44. The molecule has 7 nitrogen and oxygen atoms in total. The summed E-state index contributed by atoms with van der Waals surface area (Å²) in [5, 5.41) is 3.36. The van der Waals surface area contributed by atoms with Crippen molar-refractivity contribution in [2.24, 2.45) is 11.8 Å². The van der Waals surface area contributed by atoms with E-state index in [-0.39, 0.29) is 0 Å². The average molecular weight is 263 g/mol. The van der Waals surface area contributed by atoms with Crippen molar-refractivity contribution < 1.29 is 0 Å². The highest BCUT2D eigenvalue weighted by atomic mass is 15.4. The van der Waals surface area contributed by atoms with Gasteiger partial charge in [-0.25, -0.2) is 5.84 Å². The third kappa shape index (κ3) is 2.70. The van der Waals surface area contributed by atoms with Crippen LogP contribution < -0.4 is 21.5 Å². The molecule has 1 aromatic heterocycles. The van der Waals surface area contributed by atoms with Gasteiger partial charge in [0.05, 0.1) is 0 Å². The second kappa shape index (κ2) is 5.16. The molecule has 2 heterocycles. The number of hydrazine groups is 1. The number of anilines is 3. The monoisotopic (exact) mass is 263 g/mol. The van der Waals surface area contributed by atoms with Crippen LogP contribution in [-0.4, -0.2) is 34.1 Å². The number of aromatic nitrogens is 3. The lowest BCUT2D eigenvalue weighted by Gasteiger charge is -2.33. The lowest BCUT2D eigenvalue weighted by atomic mass is 9.82. The van der Waals surface area contributed by atoms with Gasteiger partial charge in [0.1, 0.15) is 0 Å². The molecule has 0 radical (unpaired) electrons. The Morgan fingerprint density at radius 2 is 1.79 bits per heavy atom. The zero-order valence-electron chi connectivity index (χ0n) is 11.3. The Bertz CT molecular complexity index is 438. The molecular weight excluding hydrogens is 242 g/mol. The third-order valence-electron chi connectivity index (χ3n) is 3.85. The molecule has 104 valence electrons. The van der Waals surface area contributed by atoms with Gasteiger partial charge < -0.3 is 10.2 Å². The van der Waals surface area contributed by atoms with E-state index in [0.717, 1.165) is 25.0 Å². The van der Waals surface area contributed by atoms with Crippen molar-refractivity contribution in [3.8, 4) is 0 Å². The second-order valence-electron chi connectivity index (χ2n) is 5.54. The predicted octanol–water partition coefficient (Wildman–Crippen LogP) is 0.968. The Morgan fingerprint density at radius 1 is 1.11 bits per heavy atom. The molecular formula is C12H21N7. The van der Waals surface area contributed by atoms with Crippen molar-refractivity contribution in [2.45, 2.75) is 38.6 Å². The molecule has 1 aromatic rings. The minimum atomic E-state index is 0.423. The maximum Gasteiger partial charge on any atom is 0.243 e. The standard InChI is InChI=1S/C12H21N7/c1-8-6-9(7-8)14-10-15-11(18-13)17-12(16-10)19-4-2-3-5-19/h8-9H,2-7,13H2,1H3,(H2,14,15,16,17,18). The van der Waals surface area contributed by atoms with E-state index in [1.807, 2.05) is 0 Å². The molecule has 0 aromatic carbocycles. The van der Waals surface area contributed by atoms with Crippen LogP contribution in [0.1, 0.15) is 32.6 Å². The van der Waals surface area contributed by atoms with Gasteiger partial charge in [0, 0.05) is 19.1 Å². The molecule has 7 heteroatoms. The zero-order valence-corrected chi connectivity index (χ0v) is 11.3. The van der Waals surface area contributed by atoms with E-state index in [9.17, 15) is 0 Å². The molecule has 19 heavy (non-hydrogen) atoms. The Kier molecular flexibility index (Phi) is 3.37. The van der Waals surface area contributed by atoms with Gasteiger partial charge in [-0.15, -0.1) is 0 Å². The highest BCUT2D eigenvalue weighted by molar-refractivity contribution is 5.44. The zero-order chi connectivity index (χ0) is 13.2. The number of rotatable bonds is 4. The fourth-order valence-corrected chi connectivity index (χ4v) is 2.76. The van der Waals surface area contributed by atoms with Crippen LogP contribution >= 0.6 is 0 Å². The first-order valence-corrected chi connectivity index (χ1v) is 6.99. The Hall–Kier alpha value is -1.63. The summed E-state index contributed by atoms with van der Waals surface area (Å²) in [6.07, 6.45) is 4.74. The summed E-state index contributed by atoms with van der Waals surface area (Å²) in [6, 6.07) is 0.481. The fourth-order valence-electron chi connectivity index (χ4n) is 2.76. The Balaban J connectivity index is 1.76. The fraction of sp³-hybridized carbons (Fsp3) is 0.750. The molecule has 0 spiro atoms. The normalized spacial score (nSPS) is 26.1. The maximum absolute atomic E-state index is 5.44. The van der Waals surface area contributed by atoms with Gasteiger partial charge in [-0.05, 0) is 31.6 Å². The average Bonchev–Trinajstić information content (AvgIpc) is 2.90. The lowest BCUT2D eigenvalue weighted by Crippen LogP contribution is -2.35. The van der Waals surface area contributed by atoms with Crippen LogP contribution in [0.2, 0.25) is 0 Å². The first-order chi connectivity index (χ1) is 9.24. The van der Waals surface area contributed by atoms with E-state index in [1.165, 1.54) is 25.7 Å². The summed E-state index contributed by atoms with van der Waals surface area (Å²) in [5.41, 5.74) is 2.52. The Morgan fingerprint density at radius 3 is 2.42 bits per heavy atom. The molecule has 0 unspecified atom stereocenters. The molecule has 0 atom stereocenters. The summed E-state index contributed by atoms with van der Waals surface area (Å²) in [5.74, 6) is 8.00.